The minimum atomic E-state index is -0.0664. The second-order valence-electron chi connectivity index (χ2n) is 5.55. The second-order valence-corrected chi connectivity index (χ2v) is 6.55. The Labute approximate surface area is 147 Å². The van der Waals surface area contributed by atoms with Crippen molar-refractivity contribution in [3.05, 3.63) is 45.6 Å². The van der Waals surface area contributed by atoms with E-state index < -0.39 is 0 Å². The maximum Gasteiger partial charge on any atom is 0.317 e. The molecular formula is C18H24N2O3S. The van der Waals surface area contributed by atoms with Gasteiger partial charge in [0.1, 0.15) is 0 Å². The number of aryl methyl sites for hydroxylation is 1. The molecule has 5 nitrogen and oxygen atoms in total. The number of nitrogens with zero attached hydrogens (tertiary/aromatic N) is 1. The SMILES string of the molecule is COc1ccc(CCNC(=O)N(C)Cc2sccc2C)cc1OC. The monoisotopic (exact) mass is 348 g/mol. The summed E-state index contributed by atoms with van der Waals surface area (Å²) in [4.78, 5) is 15.1. The Balaban J connectivity index is 1.83. The number of carbonyl (C=O) groups is 1. The number of benzene rings is 1. The number of amides is 2. The molecule has 1 heterocycles. The van der Waals surface area contributed by atoms with Crippen LogP contribution in [0.15, 0.2) is 29.6 Å². The third kappa shape index (κ3) is 4.64. The Morgan fingerprint density at radius 2 is 1.96 bits per heavy atom. The molecule has 2 aromatic rings. The van der Waals surface area contributed by atoms with Crippen LogP contribution in [0.5, 0.6) is 11.5 Å². The van der Waals surface area contributed by atoms with E-state index in [0.717, 1.165) is 12.0 Å². The Morgan fingerprint density at radius 1 is 1.21 bits per heavy atom. The van der Waals surface area contributed by atoms with Crippen molar-refractivity contribution >= 4 is 17.4 Å². The zero-order chi connectivity index (χ0) is 17.5. The summed E-state index contributed by atoms with van der Waals surface area (Å²) in [6, 6.07) is 7.80. The highest BCUT2D eigenvalue weighted by Gasteiger charge is 2.11. The first kappa shape index (κ1) is 18.1. The summed E-state index contributed by atoms with van der Waals surface area (Å²) in [5.74, 6) is 1.41. The number of urea groups is 1. The van der Waals surface area contributed by atoms with E-state index >= 15 is 0 Å². The molecule has 6 heteroatoms. The van der Waals surface area contributed by atoms with Gasteiger partial charge in [-0.15, -0.1) is 11.3 Å². The van der Waals surface area contributed by atoms with Gasteiger partial charge in [0, 0.05) is 18.5 Å². The summed E-state index contributed by atoms with van der Waals surface area (Å²) in [7, 11) is 5.04. The predicted molar refractivity (Wildman–Crippen MR) is 97.2 cm³/mol. The predicted octanol–water partition coefficient (Wildman–Crippen LogP) is 3.46. The van der Waals surface area contributed by atoms with Gasteiger partial charge in [0.2, 0.25) is 0 Å². The van der Waals surface area contributed by atoms with Crippen LogP contribution in [0, 0.1) is 6.92 Å². The Hall–Kier alpha value is -2.21. The Bertz CT molecular complexity index is 685. The van der Waals surface area contributed by atoms with Crippen molar-refractivity contribution in [1.29, 1.82) is 0 Å². The van der Waals surface area contributed by atoms with Crippen LogP contribution in [0.25, 0.3) is 0 Å². The van der Waals surface area contributed by atoms with Gasteiger partial charge in [0.15, 0.2) is 11.5 Å². The molecule has 0 fully saturated rings. The van der Waals surface area contributed by atoms with Crippen LogP contribution in [0.4, 0.5) is 4.79 Å². The maximum atomic E-state index is 12.2. The molecule has 1 N–H and O–H groups in total. The second kappa shape index (κ2) is 8.59. The topological polar surface area (TPSA) is 50.8 Å². The first-order valence-electron chi connectivity index (χ1n) is 7.78. The van der Waals surface area contributed by atoms with Gasteiger partial charge in [0.25, 0.3) is 0 Å². The lowest BCUT2D eigenvalue weighted by molar-refractivity contribution is 0.207. The summed E-state index contributed by atoms with van der Waals surface area (Å²) < 4.78 is 10.5. The molecule has 0 aliphatic rings. The largest absolute Gasteiger partial charge is 0.493 e. The zero-order valence-corrected chi connectivity index (χ0v) is 15.4. The highest BCUT2D eigenvalue weighted by Crippen LogP contribution is 2.27. The van der Waals surface area contributed by atoms with E-state index in [1.165, 1.54) is 10.4 Å². The van der Waals surface area contributed by atoms with Crippen LogP contribution in [0.1, 0.15) is 16.0 Å². The first-order valence-corrected chi connectivity index (χ1v) is 8.66. The number of rotatable bonds is 7. The van der Waals surface area contributed by atoms with Gasteiger partial charge >= 0.3 is 6.03 Å². The summed E-state index contributed by atoms with van der Waals surface area (Å²) in [5, 5.41) is 5.00. The third-order valence-electron chi connectivity index (χ3n) is 3.83. The standard InChI is InChI=1S/C18H24N2O3S/c1-13-8-10-24-17(13)12-20(2)18(21)19-9-7-14-5-6-15(22-3)16(11-14)23-4/h5-6,8,10-11H,7,9,12H2,1-4H3,(H,19,21). The van der Waals surface area contributed by atoms with E-state index in [0.29, 0.717) is 24.6 Å². The molecule has 0 unspecified atom stereocenters. The van der Waals surface area contributed by atoms with E-state index in [4.69, 9.17) is 9.47 Å². The fourth-order valence-electron chi connectivity index (χ4n) is 2.34. The van der Waals surface area contributed by atoms with Crippen molar-refractivity contribution in [3.8, 4) is 11.5 Å². The first-order chi connectivity index (χ1) is 11.5. The zero-order valence-electron chi connectivity index (χ0n) is 14.6. The highest BCUT2D eigenvalue weighted by atomic mass is 32.1. The van der Waals surface area contributed by atoms with E-state index in [1.807, 2.05) is 30.6 Å². The quantitative estimate of drug-likeness (QED) is 0.834. The van der Waals surface area contributed by atoms with Gasteiger partial charge in [-0.2, -0.15) is 0 Å². The van der Waals surface area contributed by atoms with E-state index in [-0.39, 0.29) is 6.03 Å². The molecule has 1 aromatic heterocycles. The van der Waals surface area contributed by atoms with Crippen molar-refractivity contribution < 1.29 is 14.3 Å². The van der Waals surface area contributed by atoms with Gasteiger partial charge in [-0.3, -0.25) is 0 Å². The summed E-state index contributed by atoms with van der Waals surface area (Å²) >= 11 is 1.68. The summed E-state index contributed by atoms with van der Waals surface area (Å²) in [6.45, 7) is 3.27. The van der Waals surface area contributed by atoms with Crippen molar-refractivity contribution in [2.24, 2.45) is 0 Å². The molecule has 24 heavy (non-hydrogen) atoms. The molecule has 0 spiro atoms. The molecule has 0 aliphatic carbocycles. The summed E-state index contributed by atoms with van der Waals surface area (Å²) in [6.07, 6.45) is 0.734. The average Bonchev–Trinajstić information content (AvgIpc) is 2.99. The van der Waals surface area contributed by atoms with Crippen LogP contribution in [0.2, 0.25) is 0 Å². The van der Waals surface area contributed by atoms with Crippen molar-refractivity contribution in [2.75, 3.05) is 27.8 Å². The van der Waals surface area contributed by atoms with E-state index in [1.54, 1.807) is 30.5 Å². The molecular weight excluding hydrogens is 324 g/mol. The van der Waals surface area contributed by atoms with Crippen molar-refractivity contribution in [2.45, 2.75) is 19.9 Å². The van der Waals surface area contributed by atoms with Gasteiger partial charge in [-0.05, 0) is 48.1 Å². The van der Waals surface area contributed by atoms with Gasteiger partial charge in [-0.1, -0.05) is 6.07 Å². The molecule has 130 valence electrons. The number of carbonyl (C=O) groups excluding carboxylic acids is 1. The third-order valence-corrected chi connectivity index (χ3v) is 4.84. The molecule has 0 saturated carbocycles. The highest BCUT2D eigenvalue weighted by molar-refractivity contribution is 7.10. The molecule has 2 rings (SSSR count). The minimum Gasteiger partial charge on any atom is -0.493 e. The van der Waals surface area contributed by atoms with Crippen molar-refractivity contribution in [3.63, 3.8) is 0 Å². The molecule has 0 aliphatic heterocycles. The lowest BCUT2D eigenvalue weighted by atomic mass is 10.1. The molecule has 0 atom stereocenters. The fraction of sp³-hybridized carbons (Fsp3) is 0.389. The number of hydrogen-bond donors (Lipinski definition) is 1. The molecule has 2 amide bonds. The van der Waals surface area contributed by atoms with Crippen LogP contribution in [-0.2, 0) is 13.0 Å². The van der Waals surface area contributed by atoms with Crippen LogP contribution in [0.3, 0.4) is 0 Å². The van der Waals surface area contributed by atoms with Gasteiger partial charge in [-0.25, -0.2) is 4.79 Å². The Kier molecular flexibility index (Phi) is 6.49. The maximum absolute atomic E-state index is 12.2. The smallest absolute Gasteiger partial charge is 0.317 e. The normalized spacial score (nSPS) is 10.3. The average molecular weight is 348 g/mol. The fourth-order valence-corrected chi connectivity index (χ4v) is 3.30. The van der Waals surface area contributed by atoms with Crippen LogP contribution < -0.4 is 14.8 Å². The number of nitrogens with one attached hydrogen (secondary N) is 1. The molecule has 0 bridgehead atoms. The molecule has 0 saturated heterocycles. The number of methoxy groups -OCH3 is 2. The lowest BCUT2D eigenvalue weighted by Gasteiger charge is -2.18. The Morgan fingerprint density at radius 3 is 2.58 bits per heavy atom. The number of hydrogen-bond acceptors (Lipinski definition) is 4. The van der Waals surface area contributed by atoms with Gasteiger partial charge in [0.05, 0.1) is 20.8 Å². The van der Waals surface area contributed by atoms with E-state index in [9.17, 15) is 4.79 Å². The summed E-state index contributed by atoms with van der Waals surface area (Å²) in [5.41, 5.74) is 2.31. The molecule has 0 radical (unpaired) electrons. The van der Waals surface area contributed by atoms with Crippen molar-refractivity contribution in [1.82, 2.24) is 10.2 Å². The molecule has 1 aromatic carbocycles. The van der Waals surface area contributed by atoms with E-state index in [2.05, 4.69) is 18.3 Å². The number of ether oxygens (including phenoxy) is 2. The lowest BCUT2D eigenvalue weighted by Crippen LogP contribution is -2.37. The van der Waals surface area contributed by atoms with Crippen LogP contribution in [-0.4, -0.2) is 38.7 Å². The number of thiophene rings is 1. The van der Waals surface area contributed by atoms with Gasteiger partial charge < -0.3 is 19.7 Å². The minimum absolute atomic E-state index is 0.0664. The van der Waals surface area contributed by atoms with Crippen LogP contribution >= 0.6 is 11.3 Å².